The number of benzene rings is 1. The molecule has 204 valence electrons. The number of alkyl halides is 2. The first-order valence-electron chi connectivity index (χ1n) is 12.8. The minimum absolute atomic E-state index is 0.000684. The summed E-state index contributed by atoms with van der Waals surface area (Å²) < 4.78 is 35.1. The van der Waals surface area contributed by atoms with Crippen LogP contribution in [0, 0.1) is 0 Å². The normalized spacial score (nSPS) is 19.1. The van der Waals surface area contributed by atoms with Crippen LogP contribution in [0.15, 0.2) is 84.1 Å². The van der Waals surface area contributed by atoms with E-state index in [1.807, 2.05) is 41.4 Å². The fourth-order valence-electron chi connectivity index (χ4n) is 4.73. The van der Waals surface area contributed by atoms with E-state index in [9.17, 15) is 13.6 Å². The van der Waals surface area contributed by atoms with Crippen LogP contribution in [0.1, 0.15) is 22.8 Å². The lowest BCUT2D eigenvalue weighted by atomic mass is 9.98. The van der Waals surface area contributed by atoms with Gasteiger partial charge in [0.15, 0.2) is 5.76 Å². The zero-order valence-corrected chi connectivity index (χ0v) is 21.6. The first kappa shape index (κ1) is 26.6. The Hall–Kier alpha value is -4.02. The Morgan fingerprint density at radius 3 is 2.67 bits per heavy atom. The number of β-amino-alcohol motifs (C(OH)–C–C–N with tert-alkyl or cyclic N) is 1. The number of halogens is 2. The van der Waals surface area contributed by atoms with E-state index < -0.39 is 6.29 Å². The van der Waals surface area contributed by atoms with Gasteiger partial charge in [0.2, 0.25) is 0 Å². The number of pyridine rings is 1. The molecule has 8 nitrogen and oxygen atoms in total. The van der Waals surface area contributed by atoms with Gasteiger partial charge in [0, 0.05) is 62.7 Å². The van der Waals surface area contributed by atoms with E-state index >= 15 is 0 Å². The fourth-order valence-corrected chi connectivity index (χ4v) is 4.73. The van der Waals surface area contributed by atoms with E-state index in [0.717, 1.165) is 41.2 Å². The third kappa shape index (κ3) is 6.35. The van der Waals surface area contributed by atoms with Crippen molar-refractivity contribution in [2.24, 2.45) is 0 Å². The minimum atomic E-state index is -3.62. The number of hydrogen-bond donors (Lipinski definition) is 2. The molecule has 0 bridgehead atoms. The first-order chi connectivity index (χ1) is 18.8. The van der Waals surface area contributed by atoms with Gasteiger partial charge >= 0.3 is 6.29 Å². The summed E-state index contributed by atoms with van der Waals surface area (Å²) in [5.74, 6) is 0.783. The van der Waals surface area contributed by atoms with Gasteiger partial charge in [-0.1, -0.05) is 30.4 Å². The Morgan fingerprint density at radius 2 is 1.92 bits per heavy atom. The average molecular weight is 537 g/mol. The van der Waals surface area contributed by atoms with Crippen LogP contribution in [0.25, 0.3) is 11.1 Å². The van der Waals surface area contributed by atoms with Crippen molar-refractivity contribution in [1.82, 2.24) is 14.8 Å². The topological polar surface area (TPSA) is 87.2 Å². The number of nitrogens with zero attached hydrogens (tertiary/aromatic N) is 3. The number of carbonyl (C=O) groups excluding carboxylic acids is 1. The Balaban J connectivity index is 1.24. The van der Waals surface area contributed by atoms with Crippen molar-refractivity contribution in [2.45, 2.75) is 19.6 Å². The number of piperazine rings is 1. The molecule has 1 fully saturated rings. The van der Waals surface area contributed by atoms with Gasteiger partial charge in [0.25, 0.3) is 5.91 Å². The number of ether oxygens (including phenoxy) is 2. The van der Waals surface area contributed by atoms with Gasteiger partial charge in [0.05, 0.1) is 6.61 Å². The van der Waals surface area contributed by atoms with Gasteiger partial charge < -0.3 is 24.8 Å². The van der Waals surface area contributed by atoms with E-state index in [0.29, 0.717) is 31.6 Å². The number of anilines is 1. The Morgan fingerprint density at radius 1 is 1.13 bits per heavy atom. The third-order valence-electron chi connectivity index (χ3n) is 6.79. The van der Waals surface area contributed by atoms with E-state index in [1.165, 1.54) is 13.0 Å². The summed E-state index contributed by atoms with van der Waals surface area (Å²) in [6.45, 7) is 4.96. The van der Waals surface area contributed by atoms with Crippen molar-refractivity contribution in [3.8, 4) is 11.1 Å². The summed E-state index contributed by atoms with van der Waals surface area (Å²) in [4.78, 5) is 21.7. The Kier molecular flexibility index (Phi) is 7.76. The highest BCUT2D eigenvalue weighted by atomic mass is 19.3. The van der Waals surface area contributed by atoms with Crippen LogP contribution in [0.3, 0.4) is 0 Å². The van der Waals surface area contributed by atoms with Gasteiger partial charge in [-0.25, -0.2) is 4.98 Å². The monoisotopic (exact) mass is 536 g/mol. The van der Waals surface area contributed by atoms with Crippen LogP contribution >= 0.6 is 0 Å². The Bertz CT molecular complexity index is 1360. The highest BCUT2D eigenvalue weighted by Crippen LogP contribution is 2.33. The number of hydrogen-bond acceptors (Lipinski definition) is 7. The molecular formula is C29H30F2N4O4. The lowest BCUT2D eigenvalue weighted by Crippen LogP contribution is -2.49. The summed E-state index contributed by atoms with van der Waals surface area (Å²) in [6, 6.07) is 9.64. The number of allylic oxidation sites excluding steroid dienone is 6. The molecule has 3 aliphatic heterocycles. The SMILES string of the molecule is CC1=C(/C=C\C=C\C2=CNc3ncc(-c4cccc(C(=O)N5CCN(CCO)CC5)c4)cc3C2)OC(F)(F)O1. The lowest BCUT2D eigenvalue weighted by Gasteiger charge is -2.34. The van der Waals surface area contributed by atoms with Gasteiger partial charge in [-0.2, -0.15) is 0 Å². The van der Waals surface area contributed by atoms with E-state index in [-0.39, 0.29) is 24.0 Å². The molecule has 0 unspecified atom stereocenters. The maximum absolute atomic E-state index is 13.1. The molecule has 2 aromatic rings. The summed E-state index contributed by atoms with van der Waals surface area (Å²) in [6.07, 6.45) is 7.31. The second-order valence-electron chi connectivity index (χ2n) is 9.52. The molecule has 39 heavy (non-hydrogen) atoms. The van der Waals surface area contributed by atoms with E-state index in [1.54, 1.807) is 18.3 Å². The van der Waals surface area contributed by atoms with Crippen molar-refractivity contribution in [3.63, 3.8) is 0 Å². The number of fused-ring (bicyclic) bond motifs is 1. The summed E-state index contributed by atoms with van der Waals surface area (Å²) >= 11 is 0. The maximum atomic E-state index is 13.1. The highest BCUT2D eigenvalue weighted by Gasteiger charge is 2.42. The van der Waals surface area contributed by atoms with Gasteiger partial charge in [-0.05, 0) is 47.9 Å². The molecule has 3 aliphatic rings. The second-order valence-corrected chi connectivity index (χ2v) is 9.52. The van der Waals surface area contributed by atoms with Gasteiger partial charge in [-0.15, -0.1) is 8.78 Å². The van der Waals surface area contributed by atoms with Crippen molar-refractivity contribution in [3.05, 3.63) is 95.3 Å². The first-order valence-corrected chi connectivity index (χ1v) is 12.8. The van der Waals surface area contributed by atoms with Crippen LogP contribution < -0.4 is 5.32 Å². The standard InChI is InChI=1S/C29H30F2N4O4/c1-20-26(39-29(30,31)38-20)8-3-2-5-21-15-24-17-25(19-33-27(24)32-18-21)22-6-4-7-23(16-22)28(37)35-11-9-34(10-12-35)13-14-36/h2-8,16-19,36H,9-15H2,1H3,(H,32,33)/b5-2+,8-3-. The van der Waals surface area contributed by atoms with Crippen LogP contribution in [0.5, 0.6) is 0 Å². The summed E-state index contributed by atoms with van der Waals surface area (Å²) in [7, 11) is 0. The van der Waals surface area contributed by atoms with Gasteiger partial charge in [-0.3, -0.25) is 9.69 Å². The number of aliphatic hydroxyl groups excluding tert-OH is 1. The summed E-state index contributed by atoms with van der Waals surface area (Å²) in [5, 5.41) is 12.3. The Labute approximate surface area is 225 Å². The average Bonchev–Trinajstić information content (AvgIpc) is 3.21. The molecule has 1 aromatic carbocycles. The van der Waals surface area contributed by atoms with E-state index in [2.05, 4.69) is 30.7 Å². The molecule has 5 rings (SSSR count). The zero-order chi connectivity index (χ0) is 27.4. The molecule has 0 saturated carbocycles. The molecule has 0 spiro atoms. The van der Waals surface area contributed by atoms with Crippen LogP contribution in [0.4, 0.5) is 14.6 Å². The quantitative estimate of drug-likeness (QED) is 0.511. The largest absolute Gasteiger partial charge is 0.585 e. The number of aliphatic hydroxyl groups is 1. The molecule has 2 N–H and O–H groups in total. The van der Waals surface area contributed by atoms with Crippen LogP contribution in [0.2, 0.25) is 0 Å². The van der Waals surface area contributed by atoms with Crippen LogP contribution in [-0.4, -0.2) is 71.4 Å². The predicted octanol–water partition coefficient (Wildman–Crippen LogP) is 4.29. The van der Waals surface area contributed by atoms with Crippen molar-refractivity contribution < 1.29 is 28.2 Å². The number of carbonyl (C=O) groups is 1. The number of nitrogens with one attached hydrogen (secondary N) is 1. The number of aromatic nitrogens is 1. The number of amides is 1. The molecule has 1 saturated heterocycles. The van der Waals surface area contributed by atoms with Crippen molar-refractivity contribution >= 4 is 11.7 Å². The third-order valence-corrected chi connectivity index (χ3v) is 6.79. The predicted molar refractivity (Wildman–Crippen MR) is 143 cm³/mol. The molecule has 4 heterocycles. The molecule has 10 heteroatoms. The smallest absolute Gasteiger partial charge is 0.400 e. The van der Waals surface area contributed by atoms with Gasteiger partial charge in [0.1, 0.15) is 11.6 Å². The molecule has 0 radical (unpaired) electrons. The van der Waals surface area contributed by atoms with Crippen molar-refractivity contribution in [2.75, 3.05) is 44.6 Å². The lowest BCUT2D eigenvalue weighted by molar-refractivity contribution is -0.336. The highest BCUT2D eigenvalue weighted by molar-refractivity contribution is 5.95. The molecular weight excluding hydrogens is 506 g/mol. The zero-order valence-electron chi connectivity index (χ0n) is 21.6. The van der Waals surface area contributed by atoms with Crippen molar-refractivity contribution in [1.29, 1.82) is 0 Å². The fraction of sp³-hybridized carbons (Fsp3) is 0.310. The molecule has 0 aliphatic carbocycles. The second kappa shape index (κ2) is 11.4. The molecule has 0 atom stereocenters. The van der Waals surface area contributed by atoms with Crippen LogP contribution in [-0.2, 0) is 15.9 Å². The molecule has 1 amide bonds. The summed E-state index contributed by atoms with van der Waals surface area (Å²) in [5.41, 5.74) is 4.43. The molecule has 1 aromatic heterocycles. The van der Waals surface area contributed by atoms with E-state index in [4.69, 9.17) is 5.11 Å². The minimum Gasteiger partial charge on any atom is -0.400 e. The number of rotatable bonds is 7. The maximum Gasteiger partial charge on any atom is 0.585 e.